The Labute approximate surface area is 223 Å². The quantitative estimate of drug-likeness (QED) is 0.344. The largest absolute Gasteiger partial charge is 0.484 e. The molecule has 3 aromatic rings. The molecule has 0 aliphatic rings. The Hall–Kier alpha value is -3.02. The van der Waals surface area contributed by atoms with Crippen molar-refractivity contribution in [2.24, 2.45) is 0 Å². The second-order valence-corrected chi connectivity index (χ2v) is 9.99. The predicted octanol–water partition coefficient (Wildman–Crippen LogP) is 6.15. The van der Waals surface area contributed by atoms with E-state index in [1.165, 1.54) is 0 Å². The Kier molecular flexibility index (Phi) is 9.80. The summed E-state index contributed by atoms with van der Waals surface area (Å²) in [5.74, 6) is 0.0461. The summed E-state index contributed by atoms with van der Waals surface area (Å²) in [5.41, 5.74) is 3.56. The average molecular weight is 527 g/mol. The van der Waals surface area contributed by atoms with Gasteiger partial charge in [0.25, 0.3) is 5.91 Å². The van der Waals surface area contributed by atoms with Crippen LogP contribution in [0.2, 0.25) is 10.0 Å². The van der Waals surface area contributed by atoms with Gasteiger partial charge in [0.05, 0.1) is 0 Å². The molecule has 1 N–H and O–H groups in total. The first-order chi connectivity index (χ1) is 17.1. The lowest BCUT2D eigenvalue weighted by atomic mass is 10.0. The molecule has 5 nitrogen and oxygen atoms in total. The fourth-order valence-corrected chi connectivity index (χ4v) is 4.17. The normalized spacial score (nSPS) is 11.8. The van der Waals surface area contributed by atoms with Crippen LogP contribution in [0.15, 0.2) is 66.7 Å². The molecule has 3 rings (SSSR count). The van der Waals surface area contributed by atoms with E-state index in [9.17, 15) is 9.59 Å². The lowest BCUT2D eigenvalue weighted by molar-refractivity contribution is -0.143. The van der Waals surface area contributed by atoms with Crippen LogP contribution >= 0.6 is 23.2 Å². The number of rotatable bonds is 10. The standard InChI is InChI=1S/C29H32Cl2N2O3/c1-19(2)32-29(35)26(16-22-8-6-5-7-9-22)33(17-23-10-12-24(30)13-11-23)27(34)18-36-25-14-20(3)28(31)21(4)15-25/h5-15,19,26H,16-18H2,1-4H3,(H,32,35)/t26-/m1/s1. The van der Waals surface area contributed by atoms with Crippen molar-refractivity contribution in [3.8, 4) is 5.75 Å². The molecular weight excluding hydrogens is 495 g/mol. The molecule has 3 aromatic carbocycles. The Morgan fingerprint density at radius 3 is 2.11 bits per heavy atom. The maximum absolute atomic E-state index is 13.6. The molecular formula is C29H32Cl2N2O3. The smallest absolute Gasteiger partial charge is 0.261 e. The highest BCUT2D eigenvalue weighted by molar-refractivity contribution is 6.32. The molecule has 0 aromatic heterocycles. The van der Waals surface area contributed by atoms with Crippen LogP contribution in [0.1, 0.15) is 36.1 Å². The zero-order chi connectivity index (χ0) is 26.2. The number of benzene rings is 3. The molecule has 0 spiro atoms. The summed E-state index contributed by atoms with van der Waals surface area (Å²) >= 11 is 12.3. The van der Waals surface area contributed by atoms with Crippen LogP contribution in [-0.2, 0) is 22.6 Å². The van der Waals surface area contributed by atoms with Crippen molar-refractivity contribution in [3.05, 3.63) is 99.0 Å². The van der Waals surface area contributed by atoms with E-state index in [2.05, 4.69) is 5.32 Å². The van der Waals surface area contributed by atoms with Crippen LogP contribution in [-0.4, -0.2) is 35.4 Å². The van der Waals surface area contributed by atoms with E-state index < -0.39 is 6.04 Å². The van der Waals surface area contributed by atoms with Crippen LogP contribution in [0.4, 0.5) is 0 Å². The monoisotopic (exact) mass is 526 g/mol. The third-order valence-corrected chi connectivity index (χ3v) is 6.59. The van der Waals surface area contributed by atoms with Gasteiger partial charge in [0.1, 0.15) is 11.8 Å². The first kappa shape index (κ1) is 27.6. The van der Waals surface area contributed by atoms with Gasteiger partial charge >= 0.3 is 0 Å². The van der Waals surface area contributed by atoms with Crippen molar-refractivity contribution in [2.75, 3.05) is 6.61 Å². The molecule has 0 saturated carbocycles. The van der Waals surface area contributed by atoms with Crippen LogP contribution in [0.5, 0.6) is 5.75 Å². The molecule has 0 saturated heterocycles. The number of hydrogen-bond acceptors (Lipinski definition) is 3. The molecule has 0 radical (unpaired) electrons. The Morgan fingerprint density at radius 2 is 1.53 bits per heavy atom. The number of carbonyl (C=O) groups is 2. The van der Waals surface area contributed by atoms with Crippen molar-refractivity contribution in [3.63, 3.8) is 0 Å². The minimum absolute atomic E-state index is 0.0699. The molecule has 36 heavy (non-hydrogen) atoms. The van der Waals surface area contributed by atoms with E-state index >= 15 is 0 Å². The SMILES string of the molecule is Cc1cc(OCC(=O)N(Cc2ccc(Cl)cc2)[C@H](Cc2ccccc2)C(=O)NC(C)C)cc(C)c1Cl. The van der Waals surface area contributed by atoms with E-state index in [1.54, 1.807) is 29.2 Å². The van der Waals surface area contributed by atoms with Crippen LogP contribution in [0, 0.1) is 13.8 Å². The second-order valence-electron chi connectivity index (χ2n) is 9.18. The lowest BCUT2D eigenvalue weighted by Crippen LogP contribution is -2.52. The molecule has 7 heteroatoms. The number of ether oxygens (including phenoxy) is 1. The third-order valence-electron chi connectivity index (χ3n) is 5.74. The zero-order valence-corrected chi connectivity index (χ0v) is 22.6. The Balaban J connectivity index is 1.91. The number of carbonyl (C=O) groups excluding carboxylic acids is 2. The molecule has 0 aliphatic carbocycles. The van der Waals surface area contributed by atoms with Gasteiger partial charge in [0.2, 0.25) is 5.91 Å². The number of halogens is 2. The Morgan fingerprint density at radius 1 is 0.917 bits per heavy atom. The number of nitrogens with zero attached hydrogens (tertiary/aromatic N) is 1. The number of aryl methyl sites for hydroxylation is 2. The highest BCUT2D eigenvalue weighted by atomic mass is 35.5. The summed E-state index contributed by atoms with van der Waals surface area (Å²) in [4.78, 5) is 28.6. The number of nitrogens with one attached hydrogen (secondary N) is 1. The summed E-state index contributed by atoms with van der Waals surface area (Å²) < 4.78 is 5.88. The molecule has 0 heterocycles. The fraction of sp³-hybridized carbons (Fsp3) is 0.310. The zero-order valence-electron chi connectivity index (χ0n) is 21.1. The summed E-state index contributed by atoms with van der Waals surface area (Å²) in [7, 11) is 0. The van der Waals surface area contributed by atoms with Crippen molar-refractivity contribution in [1.82, 2.24) is 10.2 Å². The lowest BCUT2D eigenvalue weighted by Gasteiger charge is -2.32. The molecule has 190 valence electrons. The summed E-state index contributed by atoms with van der Waals surface area (Å²) in [6.07, 6.45) is 0.373. The van der Waals surface area contributed by atoms with Gasteiger partial charge in [-0.3, -0.25) is 9.59 Å². The first-order valence-electron chi connectivity index (χ1n) is 11.9. The molecule has 2 amide bonds. The van der Waals surface area contributed by atoms with E-state index in [0.29, 0.717) is 22.2 Å². The van der Waals surface area contributed by atoms with Crippen LogP contribution in [0.3, 0.4) is 0 Å². The average Bonchev–Trinajstić information content (AvgIpc) is 2.84. The summed E-state index contributed by atoms with van der Waals surface area (Å²) in [6, 6.07) is 19.8. The molecule has 0 fully saturated rings. The van der Waals surface area contributed by atoms with E-state index in [4.69, 9.17) is 27.9 Å². The van der Waals surface area contributed by atoms with Crippen molar-refractivity contribution >= 4 is 35.0 Å². The van der Waals surface area contributed by atoms with Gasteiger partial charge in [-0.25, -0.2) is 0 Å². The topological polar surface area (TPSA) is 58.6 Å². The molecule has 0 bridgehead atoms. The molecule has 0 unspecified atom stereocenters. The number of amides is 2. The maximum atomic E-state index is 13.6. The summed E-state index contributed by atoms with van der Waals surface area (Å²) in [5, 5.41) is 4.25. The highest BCUT2D eigenvalue weighted by Gasteiger charge is 2.31. The fourth-order valence-electron chi connectivity index (χ4n) is 3.94. The first-order valence-corrected chi connectivity index (χ1v) is 12.7. The van der Waals surface area contributed by atoms with Gasteiger partial charge in [0, 0.05) is 29.1 Å². The van der Waals surface area contributed by atoms with Crippen molar-refractivity contribution in [1.29, 1.82) is 0 Å². The van der Waals surface area contributed by atoms with Gasteiger partial charge < -0.3 is 15.0 Å². The molecule has 0 aliphatic heterocycles. The maximum Gasteiger partial charge on any atom is 0.261 e. The van der Waals surface area contributed by atoms with E-state index in [-0.39, 0.29) is 31.0 Å². The Bertz CT molecular complexity index is 1160. The molecule has 1 atom stereocenters. The van der Waals surface area contributed by atoms with Gasteiger partial charge in [-0.1, -0.05) is 65.7 Å². The van der Waals surface area contributed by atoms with Crippen molar-refractivity contribution < 1.29 is 14.3 Å². The van der Waals surface area contributed by atoms with Crippen LogP contribution < -0.4 is 10.1 Å². The van der Waals surface area contributed by atoms with E-state index in [0.717, 1.165) is 22.3 Å². The van der Waals surface area contributed by atoms with Crippen molar-refractivity contribution in [2.45, 2.75) is 52.7 Å². The van der Waals surface area contributed by atoms with Gasteiger partial charge in [0.15, 0.2) is 6.61 Å². The minimum Gasteiger partial charge on any atom is -0.484 e. The highest BCUT2D eigenvalue weighted by Crippen LogP contribution is 2.26. The summed E-state index contributed by atoms with van der Waals surface area (Å²) in [6.45, 7) is 7.61. The van der Waals surface area contributed by atoms with Gasteiger partial charge in [-0.05, 0) is 74.2 Å². The third kappa shape index (κ3) is 7.74. The van der Waals surface area contributed by atoms with Gasteiger partial charge in [-0.15, -0.1) is 0 Å². The number of hydrogen-bond donors (Lipinski definition) is 1. The minimum atomic E-state index is -0.727. The van der Waals surface area contributed by atoms with Gasteiger partial charge in [-0.2, -0.15) is 0 Å². The predicted molar refractivity (Wildman–Crippen MR) is 146 cm³/mol. The van der Waals surface area contributed by atoms with Crippen LogP contribution in [0.25, 0.3) is 0 Å². The van der Waals surface area contributed by atoms with E-state index in [1.807, 2.05) is 70.2 Å². The second kappa shape index (κ2) is 12.8.